The molecule has 0 aliphatic rings. The Labute approximate surface area is 55.9 Å². The van der Waals surface area contributed by atoms with Crippen molar-refractivity contribution in [1.29, 1.82) is 0 Å². The van der Waals surface area contributed by atoms with Crippen molar-refractivity contribution in [3.63, 3.8) is 0 Å². The topological polar surface area (TPSA) is 0 Å². The molecule has 0 unspecified atom stereocenters. The summed E-state index contributed by atoms with van der Waals surface area (Å²) in [6.45, 7) is 7.54. The molecule has 0 aromatic heterocycles. The number of thiocarbonyl (C=S) groups is 1. The van der Waals surface area contributed by atoms with Crippen LogP contribution in [0.4, 0.5) is 0 Å². The van der Waals surface area contributed by atoms with E-state index in [1.165, 1.54) is 0 Å². The second-order valence-electron chi connectivity index (χ2n) is 1.58. The molecule has 0 N–H and O–H groups in total. The molecule has 0 saturated carbocycles. The number of rotatable bonds is 2. The highest BCUT2D eigenvalue weighted by Crippen LogP contribution is 1.95. The number of hydrogen-bond acceptors (Lipinski definition) is 1. The molecule has 0 spiro atoms. The largest absolute Gasteiger partial charge is 0.0907 e. The average Bonchev–Trinajstić information content (AvgIpc) is 1.67. The molecule has 0 saturated heterocycles. The summed E-state index contributed by atoms with van der Waals surface area (Å²) in [7, 11) is 0. The van der Waals surface area contributed by atoms with Gasteiger partial charge in [0.1, 0.15) is 0 Å². The van der Waals surface area contributed by atoms with Crippen LogP contribution in [0.5, 0.6) is 0 Å². The molecule has 8 heavy (non-hydrogen) atoms. The average molecular weight is 126 g/mol. The molecule has 0 fully saturated rings. The maximum atomic E-state index is 4.83. The first-order valence-electron chi connectivity index (χ1n) is 2.51. The Morgan fingerprint density at radius 2 is 2.12 bits per heavy atom. The lowest BCUT2D eigenvalue weighted by atomic mass is 10.2. The first-order chi connectivity index (χ1) is 3.68. The number of allylic oxidation sites excluding steroid dienone is 3. The van der Waals surface area contributed by atoms with Gasteiger partial charge in [-0.2, -0.15) is 0 Å². The summed E-state index contributed by atoms with van der Waals surface area (Å²) in [5, 5.41) is 0. The van der Waals surface area contributed by atoms with Gasteiger partial charge in [-0.15, -0.1) is 0 Å². The van der Waals surface area contributed by atoms with Crippen LogP contribution >= 0.6 is 12.2 Å². The molecule has 1 heteroatoms. The van der Waals surface area contributed by atoms with Crippen LogP contribution in [0.15, 0.2) is 24.3 Å². The predicted octanol–water partition coefficient (Wildman–Crippen LogP) is 2.51. The van der Waals surface area contributed by atoms with Gasteiger partial charge in [0.25, 0.3) is 0 Å². The van der Waals surface area contributed by atoms with Crippen LogP contribution in [-0.4, -0.2) is 4.86 Å². The van der Waals surface area contributed by atoms with E-state index in [0.29, 0.717) is 0 Å². The van der Waals surface area contributed by atoms with Crippen LogP contribution in [0.2, 0.25) is 0 Å². The highest BCUT2D eigenvalue weighted by molar-refractivity contribution is 7.80. The van der Waals surface area contributed by atoms with Gasteiger partial charge in [-0.3, -0.25) is 0 Å². The standard InChI is InChI=1S/C7H10S/c1-4-5-6(2)7(3)8/h4-5H,2H2,1,3H3. The third-order valence-corrected chi connectivity index (χ3v) is 1.08. The minimum Gasteiger partial charge on any atom is -0.0907 e. The van der Waals surface area contributed by atoms with Crippen molar-refractivity contribution in [2.45, 2.75) is 13.8 Å². The number of hydrogen-bond donors (Lipinski definition) is 0. The van der Waals surface area contributed by atoms with Gasteiger partial charge in [0.2, 0.25) is 0 Å². The Bertz CT molecular complexity index is 131. The van der Waals surface area contributed by atoms with Crippen LogP contribution in [0.25, 0.3) is 0 Å². The zero-order valence-corrected chi connectivity index (χ0v) is 6.09. The van der Waals surface area contributed by atoms with Crippen molar-refractivity contribution in [3.8, 4) is 0 Å². The van der Waals surface area contributed by atoms with Crippen LogP contribution in [0.1, 0.15) is 13.8 Å². The first-order valence-corrected chi connectivity index (χ1v) is 2.92. The van der Waals surface area contributed by atoms with E-state index in [1.807, 2.05) is 26.0 Å². The van der Waals surface area contributed by atoms with Crippen molar-refractivity contribution in [2.24, 2.45) is 0 Å². The first kappa shape index (κ1) is 7.57. The van der Waals surface area contributed by atoms with Gasteiger partial charge in [0.15, 0.2) is 0 Å². The predicted molar refractivity (Wildman–Crippen MR) is 42.2 cm³/mol. The molecule has 0 amide bonds. The van der Waals surface area contributed by atoms with E-state index in [9.17, 15) is 0 Å². The van der Waals surface area contributed by atoms with Gasteiger partial charge in [0.05, 0.1) is 0 Å². The fraction of sp³-hybridized carbons (Fsp3) is 0.286. The lowest BCUT2D eigenvalue weighted by Crippen LogP contribution is -1.85. The Hall–Kier alpha value is -0.430. The quantitative estimate of drug-likeness (QED) is 0.311. The Morgan fingerprint density at radius 3 is 2.25 bits per heavy atom. The van der Waals surface area contributed by atoms with Crippen LogP contribution in [0, 0.1) is 0 Å². The minimum absolute atomic E-state index is 0.864. The second-order valence-corrected chi connectivity index (χ2v) is 2.19. The van der Waals surface area contributed by atoms with Crippen LogP contribution in [0.3, 0.4) is 0 Å². The summed E-state index contributed by atoms with van der Waals surface area (Å²) in [5.41, 5.74) is 0.933. The Balaban J connectivity index is 3.85. The molecule has 0 aliphatic heterocycles. The molecule has 0 aromatic rings. The molecule has 0 aromatic carbocycles. The van der Waals surface area contributed by atoms with Crippen molar-refractivity contribution >= 4 is 17.1 Å². The lowest BCUT2D eigenvalue weighted by Gasteiger charge is -1.89. The summed E-state index contributed by atoms with van der Waals surface area (Å²) in [5.74, 6) is 0. The fourth-order valence-corrected chi connectivity index (χ4v) is 0.387. The third kappa shape index (κ3) is 2.69. The Morgan fingerprint density at radius 1 is 1.62 bits per heavy atom. The van der Waals surface area contributed by atoms with Gasteiger partial charge in [-0.25, -0.2) is 0 Å². The molecule has 0 atom stereocenters. The fourth-order valence-electron chi connectivity index (χ4n) is 0.319. The summed E-state index contributed by atoms with van der Waals surface area (Å²) in [4.78, 5) is 0.864. The van der Waals surface area contributed by atoms with Crippen molar-refractivity contribution in [3.05, 3.63) is 24.3 Å². The SMILES string of the molecule is C=C(C=CC)C(C)=S. The van der Waals surface area contributed by atoms with Gasteiger partial charge in [-0.05, 0) is 19.4 Å². The van der Waals surface area contributed by atoms with E-state index >= 15 is 0 Å². The van der Waals surface area contributed by atoms with E-state index < -0.39 is 0 Å². The second kappa shape index (κ2) is 3.56. The van der Waals surface area contributed by atoms with E-state index in [0.717, 1.165) is 10.4 Å². The molecular formula is C7H10S. The van der Waals surface area contributed by atoms with Crippen molar-refractivity contribution in [2.75, 3.05) is 0 Å². The summed E-state index contributed by atoms with van der Waals surface area (Å²) < 4.78 is 0. The summed E-state index contributed by atoms with van der Waals surface area (Å²) >= 11 is 4.83. The van der Waals surface area contributed by atoms with Crippen LogP contribution < -0.4 is 0 Å². The Kier molecular flexibility index (Phi) is 3.37. The van der Waals surface area contributed by atoms with Crippen molar-refractivity contribution < 1.29 is 0 Å². The van der Waals surface area contributed by atoms with E-state index in [4.69, 9.17) is 12.2 Å². The molecule has 0 rings (SSSR count). The molecule has 44 valence electrons. The minimum atomic E-state index is 0.864. The van der Waals surface area contributed by atoms with Gasteiger partial charge >= 0.3 is 0 Å². The lowest BCUT2D eigenvalue weighted by molar-refractivity contribution is 1.69. The van der Waals surface area contributed by atoms with Gasteiger partial charge in [0, 0.05) is 4.86 Å². The van der Waals surface area contributed by atoms with E-state index in [2.05, 4.69) is 6.58 Å². The normalized spacial score (nSPS) is 9.75. The zero-order valence-electron chi connectivity index (χ0n) is 5.27. The third-order valence-electron chi connectivity index (χ3n) is 0.820. The highest BCUT2D eigenvalue weighted by Gasteiger charge is 1.85. The molecular weight excluding hydrogens is 116 g/mol. The molecule has 0 heterocycles. The summed E-state index contributed by atoms with van der Waals surface area (Å²) in [6.07, 6.45) is 3.83. The maximum absolute atomic E-state index is 4.83. The molecule has 0 bridgehead atoms. The summed E-state index contributed by atoms with van der Waals surface area (Å²) in [6, 6.07) is 0. The molecule has 0 radical (unpaired) electrons. The van der Waals surface area contributed by atoms with Crippen LogP contribution in [-0.2, 0) is 0 Å². The van der Waals surface area contributed by atoms with E-state index in [1.54, 1.807) is 0 Å². The highest BCUT2D eigenvalue weighted by atomic mass is 32.1. The van der Waals surface area contributed by atoms with Gasteiger partial charge in [-0.1, -0.05) is 30.9 Å². The molecule has 0 nitrogen and oxygen atoms in total. The van der Waals surface area contributed by atoms with Gasteiger partial charge < -0.3 is 0 Å². The zero-order chi connectivity index (χ0) is 6.57. The monoisotopic (exact) mass is 126 g/mol. The van der Waals surface area contributed by atoms with Crippen molar-refractivity contribution in [1.82, 2.24) is 0 Å². The van der Waals surface area contributed by atoms with E-state index in [-0.39, 0.29) is 0 Å². The maximum Gasteiger partial charge on any atom is 0.0187 e. The smallest absolute Gasteiger partial charge is 0.0187 e. The molecule has 0 aliphatic carbocycles.